The van der Waals surface area contributed by atoms with E-state index in [1.807, 2.05) is 4.90 Å². The summed E-state index contributed by atoms with van der Waals surface area (Å²) in [7, 11) is -8.07. The quantitative estimate of drug-likeness (QED) is 0.0637. The Morgan fingerprint density at radius 1 is 0.587 bits per heavy atom. The Kier molecular flexibility index (Phi) is 19.3. The molecule has 0 aliphatic carbocycles. The van der Waals surface area contributed by atoms with Crippen molar-refractivity contribution >= 4 is 38.1 Å². The molecule has 1 aromatic carbocycles. The summed E-state index contributed by atoms with van der Waals surface area (Å²) in [6.45, 7) is 9.11. The van der Waals surface area contributed by atoms with Gasteiger partial charge in [-0.3, -0.25) is 9.11 Å². The third-order valence-electron chi connectivity index (χ3n) is 8.10. The van der Waals surface area contributed by atoms with E-state index in [1.54, 1.807) is 0 Å². The van der Waals surface area contributed by atoms with Gasteiger partial charge in [0.2, 0.25) is 0 Å². The second-order valence-electron chi connectivity index (χ2n) is 12.2. The van der Waals surface area contributed by atoms with Crippen molar-refractivity contribution in [3.8, 4) is 0 Å². The maximum absolute atomic E-state index is 11.1. The van der Waals surface area contributed by atoms with E-state index in [1.165, 1.54) is 62.6 Å². The predicted octanol–water partition coefficient (Wildman–Crippen LogP) is 6.75. The minimum atomic E-state index is -4.04. The molecule has 2 aromatic rings. The first-order valence-electron chi connectivity index (χ1n) is 17.1. The fraction of sp³-hybridized carbons (Fsp3) is 0.629. The number of benzene rings is 1. The van der Waals surface area contributed by atoms with Crippen LogP contribution in [0.15, 0.2) is 48.8 Å². The largest absolute Gasteiger partial charge is 0.372 e. The average Bonchev–Trinajstić information content (AvgIpc) is 3.01. The number of pyridine rings is 1. The summed E-state index contributed by atoms with van der Waals surface area (Å²) >= 11 is 0. The van der Waals surface area contributed by atoms with E-state index < -0.39 is 20.2 Å². The van der Waals surface area contributed by atoms with E-state index in [4.69, 9.17) is 9.11 Å². The molecule has 0 aliphatic heterocycles. The first-order valence-corrected chi connectivity index (χ1v) is 20.4. The van der Waals surface area contributed by atoms with Gasteiger partial charge in [-0.15, -0.1) is 0 Å². The van der Waals surface area contributed by atoms with Gasteiger partial charge in [0.25, 0.3) is 20.2 Å². The molecule has 0 saturated carbocycles. The zero-order valence-corrected chi connectivity index (χ0v) is 29.7. The molecule has 46 heavy (non-hydrogen) atoms. The van der Waals surface area contributed by atoms with Crippen molar-refractivity contribution in [2.24, 2.45) is 0 Å². The molecule has 11 heteroatoms. The lowest BCUT2D eigenvalue weighted by molar-refractivity contribution is -0.697. The van der Waals surface area contributed by atoms with Crippen molar-refractivity contribution < 1.29 is 30.5 Å². The van der Waals surface area contributed by atoms with E-state index >= 15 is 0 Å². The van der Waals surface area contributed by atoms with Gasteiger partial charge in [-0.05, 0) is 75.0 Å². The van der Waals surface area contributed by atoms with Crippen molar-refractivity contribution in [2.75, 3.05) is 49.1 Å². The summed E-state index contributed by atoms with van der Waals surface area (Å²) in [4.78, 5) is 4.54. The molecular formula is C35H58N3O6S2+. The Labute approximate surface area is 279 Å². The van der Waals surface area contributed by atoms with Gasteiger partial charge < -0.3 is 9.80 Å². The van der Waals surface area contributed by atoms with Crippen LogP contribution >= 0.6 is 0 Å². The number of unbranched alkanes of at least 4 members (excludes halogenated alkanes) is 7. The average molecular weight is 681 g/mol. The van der Waals surface area contributed by atoms with Gasteiger partial charge in [-0.1, -0.05) is 76.7 Å². The Morgan fingerprint density at radius 3 is 1.52 bits per heavy atom. The zero-order valence-electron chi connectivity index (χ0n) is 28.1. The van der Waals surface area contributed by atoms with Crippen molar-refractivity contribution in [3.05, 3.63) is 59.9 Å². The van der Waals surface area contributed by atoms with Gasteiger partial charge in [0, 0.05) is 37.3 Å². The molecule has 0 amide bonds. The van der Waals surface area contributed by atoms with Crippen LogP contribution in [0.2, 0.25) is 0 Å². The lowest BCUT2D eigenvalue weighted by Crippen LogP contribution is -2.34. The zero-order chi connectivity index (χ0) is 33.7. The predicted molar refractivity (Wildman–Crippen MR) is 190 cm³/mol. The molecule has 1 aromatic heterocycles. The summed E-state index contributed by atoms with van der Waals surface area (Å²) in [5.41, 5.74) is 3.61. The third kappa shape index (κ3) is 19.4. The summed E-state index contributed by atoms with van der Waals surface area (Å²) in [6.07, 6.45) is 20.9. The fourth-order valence-corrected chi connectivity index (χ4v) is 6.44. The topological polar surface area (TPSA) is 119 Å². The molecule has 0 fully saturated rings. The minimum absolute atomic E-state index is 0.259. The van der Waals surface area contributed by atoms with E-state index in [2.05, 4.69) is 84.3 Å². The molecule has 0 saturated heterocycles. The number of hydrogen-bond acceptors (Lipinski definition) is 6. The van der Waals surface area contributed by atoms with Gasteiger partial charge in [0.1, 0.15) is 6.54 Å². The molecule has 0 atom stereocenters. The number of hydrogen-bond donors (Lipinski definition) is 2. The molecule has 1 heterocycles. The van der Waals surface area contributed by atoms with Crippen LogP contribution in [0.5, 0.6) is 0 Å². The van der Waals surface area contributed by atoms with Crippen LogP contribution in [-0.4, -0.2) is 75.1 Å². The van der Waals surface area contributed by atoms with Crippen molar-refractivity contribution in [2.45, 2.75) is 97.4 Å². The van der Waals surface area contributed by atoms with Crippen LogP contribution in [0, 0.1) is 0 Å². The Bertz CT molecular complexity index is 1280. The molecule has 0 spiro atoms. The van der Waals surface area contributed by atoms with Crippen LogP contribution < -0.4 is 9.47 Å². The highest BCUT2D eigenvalue weighted by atomic mass is 32.2. The highest BCUT2D eigenvalue weighted by Crippen LogP contribution is 2.19. The summed E-state index contributed by atoms with van der Waals surface area (Å²) in [6, 6.07) is 13.1. The smallest absolute Gasteiger partial charge is 0.264 e. The number of aryl methyl sites for hydroxylation is 1. The summed E-state index contributed by atoms with van der Waals surface area (Å²) < 4.78 is 64.3. The van der Waals surface area contributed by atoms with Crippen LogP contribution in [0.25, 0.3) is 12.2 Å². The molecule has 2 rings (SSSR count). The standard InChI is InChI=1S/C35H57N3O6S2/c1-3-5-7-9-27-38(28-10-8-6-4-2)35-19-17-33(18-20-35)15-16-34-21-29-37(30-22-34)24-12-11-23-36(25-13-31-45(39,40)41)26-14-32-46(42,43)44/h15-22,29-30H,3-14,23-28,31-32H2,1-2H3,(H-,39,40,41,42,43,44)/p+1. The van der Waals surface area contributed by atoms with Crippen LogP contribution in [0.3, 0.4) is 0 Å². The van der Waals surface area contributed by atoms with Gasteiger partial charge in [0.05, 0.1) is 11.5 Å². The minimum Gasteiger partial charge on any atom is -0.372 e. The van der Waals surface area contributed by atoms with Crippen molar-refractivity contribution in [3.63, 3.8) is 0 Å². The highest BCUT2D eigenvalue weighted by molar-refractivity contribution is 7.86. The van der Waals surface area contributed by atoms with E-state index in [9.17, 15) is 16.8 Å². The third-order valence-corrected chi connectivity index (χ3v) is 9.71. The van der Waals surface area contributed by atoms with Crippen LogP contribution in [-0.2, 0) is 26.8 Å². The molecule has 0 bridgehead atoms. The van der Waals surface area contributed by atoms with Crippen LogP contribution in [0.1, 0.15) is 102 Å². The van der Waals surface area contributed by atoms with E-state index in [0.29, 0.717) is 19.6 Å². The van der Waals surface area contributed by atoms with Crippen molar-refractivity contribution in [1.29, 1.82) is 0 Å². The van der Waals surface area contributed by atoms with Crippen LogP contribution in [0.4, 0.5) is 5.69 Å². The Balaban J connectivity index is 1.84. The summed E-state index contributed by atoms with van der Waals surface area (Å²) in [5.74, 6) is -0.665. The fourth-order valence-electron chi connectivity index (χ4n) is 5.45. The number of rotatable bonds is 26. The van der Waals surface area contributed by atoms with Gasteiger partial charge in [-0.2, -0.15) is 16.8 Å². The monoisotopic (exact) mass is 680 g/mol. The highest BCUT2D eigenvalue weighted by Gasteiger charge is 2.12. The maximum Gasteiger partial charge on any atom is 0.264 e. The van der Waals surface area contributed by atoms with Gasteiger partial charge in [0.15, 0.2) is 12.4 Å². The molecular weight excluding hydrogens is 623 g/mol. The Hall–Kier alpha value is -2.31. The normalized spacial score (nSPS) is 12.4. The molecule has 260 valence electrons. The first kappa shape index (κ1) is 39.9. The number of aromatic nitrogens is 1. The van der Waals surface area contributed by atoms with Gasteiger partial charge in [-0.25, -0.2) is 4.57 Å². The lowest BCUT2D eigenvalue weighted by atomic mass is 10.1. The van der Waals surface area contributed by atoms with E-state index in [-0.39, 0.29) is 24.3 Å². The Morgan fingerprint density at radius 2 is 1.04 bits per heavy atom. The molecule has 0 radical (unpaired) electrons. The molecule has 0 unspecified atom stereocenters. The van der Waals surface area contributed by atoms with Gasteiger partial charge >= 0.3 is 0 Å². The van der Waals surface area contributed by atoms with Crippen molar-refractivity contribution in [1.82, 2.24) is 4.90 Å². The first-order chi connectivity index (χ1) is 22.0. The SMILES string of the molecule is CCCCCCN(CCCCCC)c1ccc(/C=C/c2cc[n+](CCCCN(CCCS(=O)(=O)O)CCCS(=O)(=O)O)cc2)cc1. The second-order valence-corrected chi connectivity index (χ2v) is 15.4. The second kappa shape index (κ2) is 22.3. The molecule has 2 N–H and O–H groups in total. The van der Waals surface area contributed by atoms with E-state index in [0.717, 1.165) is 38.0 Å². The molecule has 9 nitrogen and oxygen atoms in total. The number of anilines is 1. The lowest BCUT2D eigenvalue weighted by Gasteiger charge is -2.25. The maximum atomic E-state index is 11.1. The number of nitrogens with zero attached hydrogens (tertiary/aromatic N) is 3. The molecule has 0 aliphatic rings. The summed E-state index contributed by atoms with van der Waals surface area (Å²) in [5, 5.41) is 0.